The van der Waals surface area contributed by atoms with Crippen LogP contribution in [0.3, 0.4) is 0 Å². The molecule has 3 heteroatoms. The fourth-order valence-electron chi connectivity index (χ4n) is 2.83. The van der Waals surface area contributed by atoms with Gasteiger partial charge in [0, 0.05) is 10.9 Å². The van der Waals surface area contributed by atoms with Crippen molar-refractivity contribution in [3.8, 4) is 0 Å². The van der Waals surface area contributed by atoms with Crippen molar-refractivity contribution >= 4 is 17.1 Å². The second-order valence-corrected chi connectivity index (χ2v) is 7.04. The smallest absolute Gasteiger partial charge is 0.186 e. The van der Waals surface area contributed by atoms with E-state index in [2.05, 4.69) is 31.9 Å². The third kappa shape index (κ3) is 3.90. The normalized spacial score (nSPS) is 23.8. The minimum absolute atomic E-state index is 0.283. The molecule has 0 aromatic carbocycles. The molecular formula is C16H25NOS. The topological polar surface area (TPSA) is 20.3 Å². The van der Waals surface area contributed by atoms with Gasteiger partial charge in [0.1, 0.15) is 0 Å². The van der Waals surface area contributed by atoms with Gasteiger partial charge < -0.3 is 0 Å². The molecule has 0 bridgehead atoms. The van der Waals surface area contributed by atoms with E-state index in [1.54, 1.807) is 11.3 Å². The van der Waals surface area contributed by atoms with Crippen LogP contribution >= 0.6 is 11.3 Å². The van der Waals surface area contributed by atoms with Crippen LogP contribution in [0.4, 0.5) is 0 Å². The number of carbonyl (C=O) groups is 1. The number of thiophene rings is 1. The average Bonchev–Trinajstić information content (AvgIpc) is 2.88. The Bertz CT molecular complexity index is 418. The molecule has 1 aromatic heterocycles. The highest BCUT2D eigenvalue weighted by Crippen LogP contribution is 2.27. The van der Waals surface area contributed by atoms with Crippen LogP contribution in [-0.2, 0) is 6.42 Å². The number of rotatable bonds is 5. The van der Waals surface area contributed by atoms with Crippen molar-refractivity contribution in [2.45, 2.75) is 52.0 Å². The van der Waals surface area contributed by atoms with E-state index in [1.165, 1.54) is 30.6 Å². The van der Waals surface area contributed by atoms with Crippen molar-refractivity contribution in [2.24, 2.45) is 5.92 Å². The molecule has 1 saturated carbocycles. The maximum atomic E-state index is 12.3. The van der Waals surface area contributed by atoms with Crippen LogP contribution in [0.5, 0.6) is 0 Å². The molecule has 0 amide bonds. The van der Waals surface area contributed by atoms with Gasteiger partial charge in [0.15, 0.2) is 5.78 Å². The molecular weight excluding hydrogens is 254 g/mol. The van der Waals surface area contributed by atoms with Crippen LogP contribution in [0.2, 0.25) is 0 Å². The van der Waals surface area contributed by atoms with Gasteiger partial charge in [-0.25, -0.2) is 0 Å². The first-order valence-electron chi connectivity index (χ1n) is 7.42. The lowest BCUT2D eigenvalue weighted by molar-refractivity contribution is 0.0893. The SMILES string of the molecule is CCc1ccc(C(=O)CN(C)C2CCC(C)CC2)s1. The number of nitrogens with zero attached hydrogens (tertiary/aromatic N) is 1. The first-order valence-corrected chi connectivity index (χ1v) is 8.24. The maximum Gasteiger partial charge on any atom is 0.186 e. The Kier molecular flexibility index (Phi) is 5.17. The minimum atomic E-state index is 0.283. The highest BCUT2D eigenvalue weighted by Gasteiger charge is 2.23. The maximum absolute atomic E-state index is 12.3. The van der Waals surface area contributed by atoms with Gasteiger partial charge in [-0.15, -0.1) is 11.3 Å². The Morgan fingerprint density at radius 3 is 2.58 bits per heavy atom. The van der Waals surface area contributed by atoms with Gasteiger partial charge in [0.25, 0.3) is 0 Å². The summed E-state index contributed by atoms with van der Waals surface area (Å²) in [6.07, 6.45) is 6.13. The molecule has 0 radical (unpaired) electrons. The average molecular weight is 279 g/mol. The fraction of sp³-hybridized carbons (Fsp3) is 0.688. The van der Waals surface area contributed by atoms with Crippen molar-refractivity contribution in [1.29, 1.82) is 0 Å². The predicted octanol–water partition coefficient (Wildman–Crippen LogP) is 4.00. The van der Waals surface area contributed by atoms with Crippen LogP contribution in [0.15, 0.2) is 12.1 Å². The zero-order valence-corrected chi connectivity index (χ0v) is 13.1. The number of hydrogen-bond acceptors (Lipinski definition) is 3. The Labute approximate surface area is 120 Å². The van der Waals surface area contributed by atoms with E-state index in [0.29, 0.717) is 12.6 Å². The summed E-state index contributed by atoms with van der Waals surface area (Å²) in [6, 6.07) is 4.67. The molecule has 0 saturated heterocycles. The van der Waals surface area contributed by atoms with Gasteiger partial charge in [-0.2, -0.15) is 0 Å². The van der Waals surface area contributed by atoms with E-state index in [-0.39, 0.29) is 5.78 Å². The van der Waals surface area contributed by atoms with Crippen molar-refractivity contribution in [2.75, 3.05) is 13.6 Å². The van der Waals surface area contributed by atoms with E-state index in [4.69, 9.17) is 0 Å². The Balaban J connectivity index is 1.87. The molecule has 1 fully saturated rings. The first kappa shape index (κ1) is 14.7. The summed E-state index contributed by atoms with van der Waals surface area (Å²) in [6.45, 7) is 5.04. The van der Waals surface area contributed by atoms with Crippen molar-refractivity contribution in [3.63, 3.8) is 0 Å². The quantitative estimate of drug-likeness (QED) is 0.759. The van der Waals surface area contributed by atoms with Gasteiger partial charge >= 0.3 is 0 Å². The van der Waals surface area contributed by atoms with E-state index < -0.39 is 0 Å². The number of Topliss-reactive ketones (excluding diaryl/α,β-unsaturated/α-hetero) is 1. The molecule has 106 valence electrons. The van der Waals surface area contributed by atoms with Gasteiger partial charge in [-0.05, 0) is 57.2 Å². The summed E-state index contributed by atoms with van der Waals surface area (Å²) in [5, 5.41) is 0. The molecule has 0 aliphatic heterocycles. The van der Waals surface area contributed by atoms with Gasteiger partial charge in [0.05, 0.1) is 11.4 Å². The molecule has 2 nitrogen and oxygen atoms in total. The van der Waals surface area contributed by atoms with E-state index in [1.807, 2.05) is 6.07 Å². The van der Waals surface area contributed by atoms with E-state index in [0.717, 1.165) is 17.2 Å². The Morgan fingerprint density at radius 1 is 1.32 bits per heavy atom. The molecule has 0 N–H and O–H groups in total. The van der Waals surface area contributed by atoms with Gasteiger partial charge in [-0.1, -0.05) is 13.8 Å². The second kappa shape index (κ2) is 6.67. The summed E-state index contributed by atoms with van der Waals surface area (Å²) in [7, 11) is 2.10. The highest BCUT2D eigenvalue weighted by molar-refractivity contribution is 7.14. The van der Waals surface area contributed by atoms with E-state index in [9.17, 15) is 4.79 Å². The molecule has 2 rings (SSSR count). The molecule has 1 aliphatic rings. The van der Waals surface area contributed by atoms with E-state index >= 15 is 0 Å². The van der Waals surface area contributed by atoms with Crippen LogP contribution in [-0.4, -0.2) is 30.3 Å². The molecule has 0 unspecified atom stereocenters. The van der Waals surface area contributed by atoms with Crippen LogP contribution in [0.25, 0.3) is 0 Å². The molecule has 1 heterocycles. The lowest BCUT2D eigenvalue weighted by Crippen LogP contribution is -2.38. The molecule has 0 atom stereocenters. The largest absolute Gasteiger partial charge is 0.296 e. The van der Waals surface area contributed by atoms with Crippen LogP contribution in [0, 0.1) is 5.92 Å². The molecule has 1 aliphatic carbocycles. The standard InChI is InChI=1S/C16H25NOS/c1-4-14-9-10-16(19-14)15(18)11-17(3)13-7-5-12(2)6-8-13/h9-10,12-13H,4-8,11H2,1-3H3. The van der Waals surface area contributed by atoms with Crippen molar-refractivity contribution < 1.29 is 4.79 Å². The zero-order chi connectivity index (χ0) is 13.8. The minimum Gasteiger partial charge on any atom is -0.296 e. The third-order valence-electron chi connectivity index (χ3n) is 4.29. The zero-order valence-electron chi connectivity index (χ0n) is 12.3. The lowest BCUT2D eigenvalue weighted by Gasteiger charge is -2.33. The van der Waals surface area contributed by atoms with Crippen molar-refractivity contribution in [1.82, 2.24) is 4.90 Å². The van der Waals surface area contributed by atoms with Crippen molar-refractivity contribution in [3.05, 3.63) is 21.9 Å². The predicted molar refractivity (Wildman–Crippen MR) is 82.1 cm³/mol. The van der Waals surface area contributed by atoms with Crippen LogP contribution in [0.1, 0.15) is 54.1 Å². The summed E-state index contributed by atoms with van der Waals surface area (Å²) in [4.78, 5) is 16.8. The second-order valence-electron chi connectivity index (χ2n) is 5.87. The number of likely N-dealkylation sites (N-methyl/N-ethyl adjacent to an activating group) is 1. The summed E-state index contributed by atoms with van der Waals surface area (Å²) in [5.74, 6) is 1.15. The fourth-order valence-corrected chi connectivity index (χ4v) is 3.71. The number of aryl methyl sites for hydroxylation is 1. The lowest BCUT2D eigenvalue weighted by atomic mass is 9.87. The highest BCUT2D eigenvalue weighted by atomic mass is 32.1. The van der Waals surface area contributed by atoms with Gasteiger partial charge in [0.2, 0.25) is 0 Å². The third-order valence-corrected chi connectivity index (χ3v) is 5.56. The number of hydrogen-bond donors (Lipinski definition) is 0. The van der Waals surface area contributed by atoms with Gasteiger partial charge in [-0.3, -0.25) is 9.69 Å². The number of ketones is 1. The molecule has 1 aromatic rings. The summed E-state index contributed by atoms with van der Waals surface area (Å²) < 4.78 is 0. The number of carbonyl (C=O) groups excluding carboxylic acids is 1. The summed E-state index contributed by atoms with van der Waals surface area (Å²) in [5.41, 5.74) is 0. The monoisotopic (exact) mass is 279 g/mol. The molecule has 19 heavy (non-hydrogen) atoms. The summed E-state index contributed by atoms with van der Waals surface area (Å²) >= 11 is 1.65. The Morgan fingerprint density at radius 2 is 2.00 bits per heavy atom. The van der Waals surface area contributed by atoms with Crippen LogP contribution < -0.4 is 0 Å². The first-order chi connectivity index (χ1) is 9.10. The molecule has 0 spiro atoms. The Hall–Kier alpha value is -0.670.